The molecule has 0 aromatic heterocycles. The number of likely N-dealkylation sites (tertiary alicyclic amines) is 1. The van der Waals surface area contributed by atoms with Gasteiger partial charge in [0.1, 0.15) is 0 Å². The smallest absolute Gasteiger partial charge is 0.341 e. The van der Waals surface area contributed by atoms with Crippen molar-refractivity contribution in [3.05, 3.63) is 34.9 Å². The number of carbonyl (C=O) groups is 2. The second kappa shape index (κ2) is 8.93. The summed E-state index contributed by atoms with van der Waals surface area (Å²) in [4.78, 5) is 29.1. The predicted octanol–water partition coefficient (Wildman–Crippen LogP) is 4.00. The molecule has 1 unspecified atom stereocenters. The third-order valence-electron chi connectivity index (χ3n) is 8.02. The molecule has 1 N–H and O–H groups in total. The normalized spacial score (nSPS) is 27.8. The molecule has 182 valence electrons. The Morgan fingerprint density at radius 3 is 2.48 bits per heavy atom. The van der Waals surface area contributed by atoms with Crippen LogP contribution in [-0.4, -0.2) is 53.3 Å². The highest BCUT2D eigenvalue weighted by Crippen LogP contribution is 2.47. The highest BCUT2D eigenvalue weighted by Gasteiger charge is 2.50. The number of rotatable bonds is 4. The Kier molecular flexibility index (Phi) is 6.51. The average molecular weight is 466 g/mol. The molecule has 2 aliphatic heterocycles. The summed E-state index contributed by atoms with van der Waals surface area (Å²) in [5, 5.41) is 3.68. The molecule has 0 spiro atoms. The lowest BCUT2D eigenvalue weighted by atomic mass is 9.73. The van der Waals surface area contributed by atoms with Gasteiger partial charge < -0.3 is 15.1 Å². The minimum absolute atomic E-state index is 0.0710. The molecule has 1 aromatic rings. The minimum Gasteiger partial charge on any atom is -0.341 e. The van der Waals surface area contributed by atoms with Crippen LogP contribution in [0.4, 0.5) is 13.2 Å². The van der Waals surface area contributed by atoms with Crippen LogP contribution in [0.3, 0.4) is 0 Å². The van der Waals surface area contributed by atoms with Gasteiger partial charge in [-0.05, 0) is 61.3 Å². The number of hydrogen-bond donors (Lipinski definition) is 1. The first kappa shape index (κ1) is 24.0. The van der Waals surface area contributed by atoms with E-state index in [-0.39, 0.29) is 36.4 Å². The Bertz CT molecular complexity index is 917. The zero-order valence-corrected chi connectivity index (χ0v) is 19.7. The van der Waals surface area contributed by atoms with E-state index in [1.54, 1.807) is 17.9 Å². The summed E-state index contributed by atoms with van der Waals surface area (Å²) >= 11 is 0. The third kappa shape index (κ3) is 4.77. The van der Waals surface area contributed by atoms with Crippen LogP contribution in [0, 0.1) is 11.3 Å². The zero-order valence-electron chi connectivity index (χ0n) is 19.7. The maximum atomic E-state index is 13.8. The molecule has 33 heavy (non-hydrogen) atoms. The first-order valence-corrected chi connectivity index (χ1v) is 12.0. The van der Waals surface area contributed by atoms with E-state index < -0.39 is 17.2 Å². The lowest BCUT2D eigenvalue weighted by Crippen LogP contribution is -2.48. The molecule has 3 aliphatic rings. The summed E-state index contributed by atoms with van der Waals surface area (Å²) in [6.45, 7) is 8.00. The zero-order chi connectivity index (χ0) is 24.0. The molecular formula is C25H34F3N3O2. The highest BCUT2D eigenvalue weighted by molar-refractivity contribution is 5.84. The SMILES string of the molecule is CC(=O)N1CCC(N[C@@H]2CC[C@@](C(=O)N3CCc4ccc(C(F)(F)F)cc4C3)(C(C)C)C2)C1. The van der Waals surface area contributed by atoms with E-state index in [0.717, 1.165) is 43.9 Å². The Labute approximate surface area is 193 Å². The second-order valence-corrected chi connectivity index (χ2v) is 10.3. The fraction of sp³-hybridized carbons (Fsp3) is 0.680. The summed E-state index contributed by atoms with van der Waals surface area (Å²) in [6, 6.07) is 4.35. The first-order valence-electron chi connectivity index (χ1n) is 12.0. The van der Waals surface area contributed by atoms with Crippen LogP contribution < -0.4 is 5.32 Å². The van der Waals surface area contributed by atoms with Gasteiger partial charge in [0.25, 0.3) is 0 Å². The number of alkyl halides is 3. The predicted molar refractivity (Wildman–Crippen MR) is 119 cm³/mol. The van der Waals surface area contributed by atoms with E-state index in [0.29, 0.717) is 25.1 Å². The van der Waals surface area contributed by atoms with Crippen molar-refractivity contribution in [2.75, 3.05) is 19.6 Å². The number of fused-ring (bicyclic) bond motifs is 1. The van der Waals surface area contributed by atoms with Gasteiger partial charge in [-0.15, -0.1) is 0 Å². The average Bonchev–Trinajstić information content (AvgIpc) is 3.40. The van der Waals surface area contributed by atoms with E-state index in [9.17, 15) is 22.8 Å². The van der Waals surface area contributed by atoms with Crippen molar-refractivity contribution in [1.29, 1.82) is 0 Å². The standard InChI is InChI=1S/C25H34F3N3O2/c1-16(2)24(9-6-21(13-24)29-22-8-11-30(15-22)17(3)32)23(33)31-10-7-18-4-5-20(25(26,27)28)12-19(18)14-31/h4-5,12,16,21-22,29H,6-11,13-15H2,1-3H3/t21-,22?,24+/m1/s1. The number of amides is 2. The summed E-state index contributed by atoms with van der Waals surface area (Å²) in [5.41, 5.74) is 0.338. The molecule has 5 nitrogen and oxygen atoms in total. The first-order chi connectivity index (χ1) is 15.5. The molecule has 2 fully saturated rings. The summed E-state index contributed by atoms with van der Waals surface area (Å²) in [7, 11) is 0. The van der Waals surface area contributed by atoms with Gasteiger partial charge in [-0.3, -0.25) is 9.59 Å². The van der Waals surface area contributed by atoms with E-state index in [1.165, 1.54) is 6.07 Å². The Morgan fingerprint density at radius 2 is 1.85 bits per heavy atom. The molecule has 2 heterocycles. The number of hydrogen-bond acceptors (Lipinski definition) is 3. The Hall–Kier alpha value is -2.09. The molecule has 1 aromatic carbocycles. The molecule has 0 radical (unpaired) electrons. The van der Waals surface area contributed by atoms with Gasteiger partial charge in [-0.25, -0.2) is 0 Å². The number of carbonyl (C=O) groups excluding carboxylic acids is 2. The van der Waals surface area contributed by atoms with Crippen LogP contribution in [0.25, 0.3) is 0 Å². The minimum atomic E-state index is -4.39. The third-order valence-corrected chi connectivity index (χ3v) is 8.02. The van der Waals surface area contributed by atoms with Crippen molar-refractivity contribution in [3.63, 3.8) is 0 Å². The van der Waals surface area contributed by atoms with Crippen LogP contribution >= 0.6 is 0 Å². The molecule has 3 atom stereocenters. The van der Waals surface area contributed by atoms with Crippen molar-refractivity contribution in [3.8, 4) is 0 Å². The van der Waals surface area contributed by atoms with Crippen molar-refractivity contribution in [1.82, 2.24) is 15.1 Å². The Morgan fingerprint density at radius 1 is 1.09 bits per heavy atom. The van der Waals surface area contributed by atoms with Gasteiger partial charge >= 0.3 is 6.18 Å². The van der Waals surface area contributed by atoms with E-state index in [4.69, 9.17) is 0 Å². The van der Waals surface area contributed by atoms with Crippen molar-refractivity contribution < 1.29 is 22.8 Å². The van der Waals surface area contributed by atoms with Crippen LogP contribution in [0.1, 0.15) is 63.1 Å². The maximum Gasteiger partial charge on any atom is 0.416 e. The second-order valence-electron chi connectivity index (χ2n) is 10.3. The van der Waals surface area contributed by atoms with Crippen LogP contribution in [0.15, 0.2) is 18.2 Å². The van der Waals surface area contributed by atoms with Crippen LogP contribution in [-0.2, 0) is 28.7 Å². The van der Waals surface area contributed by atoms with Gasteiger partial charge in [0.15, 0.2) is 0 Å². The van der Waals surface area contributed by atoms with Crippen molar-refractivity contribution in [2.24, 2.45) is 11.3 Å². The molecule has 1 saturated carbocycles. The van der Waals surface area contributed by atoms with Gasteiger partial charge in [0.05, 0.1) is 11.0 Å². The largest absolute Gasteiger partial charge is 0.416 e. The molecule has 2 amide bonds. The molecule has 8 heteroatoms. The van der Waals surface area contributed by atoms with Crippen LogP contribution in [0.5, 0.6) is 0 Å². The quantitative estimate of drug-likeness (QED) is 0.732. The number of nitrogens with zero attached hydrogens (tertiary/aromatic N) is 2. The molecular weight excluding hydrogens is 431 g/mol. The lowest BCUT2D eigenvalue weighted by Gasteiger charge is -2.40. The summed E-state index contributed by atoms with van der Waals surface area (Å²) < 4.78 is 39.6. The van der Waals surface area contributed by atoms with Gasteiger partial charge in [-0.2, -0.15) is 13.2 Å². The van der Waals surface area contributed by atoms with E-state index >= 15 is 0 Å². The summed E-state index contributed by atoms with van der Waals surface area (Å²) in [5.74, 6) is 0.301. The molecule has 0 bridgehead atoms. The number of halogens is 3. The van der Waals surface area contributed by atoms with Crippen LogP contribution in [0.2, 0.25) is 0 Å². The van der Waals surface area contributed by atoms with Crippen molar-refractivity contribution >= 4 is 11.8 Å². The number of nitrogens with one attached hydrogen (secondary N) is 1. The van der Waals surface area contributed by atoms with E-state index in [2.05, 4.69) is 19.2 Å². The lowest BCUT2D eigenvalue weighted by molar-refractivity contribution is -0.145. The topological polar surface area (TPSA) is 52.7 Å². The fourth-order valence-corrected chi connectivity index (χ4v) is 5.92. The summed E-state index contributed by atoms with van der Waals surface area (Å²) in [6.07, 6.45) is -0.490. The number of benzene rings is 1. The fourth-order valence-electron chi connectivity index (χ4n) is 5.92. The monoisotopic (exact) mass is 465 g/mol. The van der Waals surface area contributed by atoms with E-state index in [1.807, 2.05) is 4.90 Å². The molecule has 4 rings (SSSR count). The molecule has 1 aliphatic carbocycles. The van der Waals surface area contributed by atoms with Gasteiger partial charge in [-0.1, -0.05) is 19.9 Å². The maximum absolute atomic E-state index is 13.8. The van der Waals surface area contributed by atoms with Gasteiger partial charge in [0.2, 0.25) is 11.8 Å². The van der Waals surface area contributed by atoms with Gasteiger partial charge in [0, 0.05) is 45.2 Å². The van der Waals surface area contributed by atoms with Crippen molar-refractivity contribution in [2.45, 2.75) is 77.7 Å². The Balaban J connectivity index is 1.45. The highest BCUT2D eigenvalue weighted by atomic mass is 19.4. The molecule has 1 saturated heterocycles.